The average Bonchev–Trinajstić information content (AvgIpc) is 3.55. The summed E-state index contributed by atoms with van der Waals surface area (Å²) in [5, 5.41) is 7.07. The van der Waals surface area contributed by atoms with Gasteiger partial charge in [0.05, 0.1) is 11.7 Å². The van der Waals surface area contributed by atoms with Crippen molar-refractivity contribution < 1.29 is 18.4 Å². The van der Waals surface area contributed by atoms with Gasteiger partial charge in [-0.15, -0.1) is 0 Å². The molecule has 2 fully saturated rings. The van der Waals surface area contributed by atoms with E-state index in [4.69, 9.17) is 9.26 Å². The van der Waals surface area contributed by atoms with E-state index < -0.39 is 0 Å². The summed E-state index contributed by atoms with van der Waals surface area (Å²) in [6, 6.07) is 9.78. The van der Waals surface area contributed by atoms with Gasteiger partial charge in [0.25, 0.3) is 5.89 Å². The van der Waals surface area contributed by atoms with Crippen molar-refractivity contribution in [3.8, 4) is 22.8 Å². The van der Waals surface area contributed by atoms with Crippen LogP contribution < -0.4 is 10.2 Å². The van der Waals surface area contributed by atoms with Crippen molar-refractivity contribution in [3.63, 3.8) is 0 Å². The molecule has 1 aromatic carbocycles. The Kier molecular flexibility index (Phi) is 6.30. The topological polar surface area (TPSA) is 93.4 Å². The fourth-order valence-electron chi connectivity index (χ4n) is 4.41. The van der Waals surface area contributed by atoms with Gasteiger partial charge in [-0.25, -0.2) is 9.37 Å². The highest BCUT2D eigenvalue weighted by Crippen LogP contribution is 2.32. The molecule has 2 aromatic heterocycles. The fourth-order valence-corrected chi connectivity index (χ4v) is 4.41. The second-order valence-corrected chi connectivity index (χ2v) is 8.45. The molecule has 0 aliphatic carbocycles. The van der Waals surface area contributed by atoms with Crippen molar-refractivity contribution >= 4 is 11.7 Å². The van der Waals surface area contributed by atoms with Crippen molar-refractivity contribution in [2.75, 3.05) is 31.1 Å². The van der Waals surface area contributed by atoms with E-state index in [1.54, 1.807) is 18.3 Å². The molecule has 0 bridgehead atoms. The lowest BCUT2D eigenvalue weighted by molar-refractivity contribution is -0.126. The van der Waals surface area contributed by atoms with Crippen LogP contribution in [0.2, 0.25) is 0 Å². The fraction of sp³-hybridized carbons (Fsp3) is 0.417. The Morgan fingerprint density at radius 2 is 2.06 bits per heavy atom. The molecule has 2 aliphatic rings. The predicted molar refractivity (Wildman–Crippen MR) is 120 cm³/mol. The van der Waals surface area contributed by atoms with Crippen LogP contribution in [-0.4, -0.2) is 53.4 Å². The Labute approximate surface area is 191 Å². The van der Waals surface area contributed by atoms with Crippen LogP contribution in [0, 0.1) is 11.7 Å². The number of hydrogen-bond acceptors (Lipinski definition) is 7. The highest BCUT2D eigenvalue weighted by atomic mass is 19.1. The number of piperidine rings is 1. The van der Waals surface area contributed by atoms with E-state index in [0.29, 0.717) is 42.5 Å². The summed E-state index contributed by atoms with van der Waals surface area (Å²) < 4.78 is 24.6. The van der Waals surface area contributed by atoms with Gasteiger partial charge in [-0.3, -0.25) is 4.79 Å². The molecular weight excluding hydrogens is 425 g/mol. The highest BCUT2D eigenvalue weighted by molar-refractivity contribution is 5.79. The summed E-state index contributed by atoms with van der Waals surface area (Å²) in [7, 11) is 0. The molecule has 0 spiro atoms. The zero-order valence-electron chi connectivity index (χ0n) is 18.2. The van der Waals surface area contributed by atoms with Crippen molar-refractivity contribution in [1.29, 1.82) is 0 Å². The minimum absolute atomic E-state index is 0.0159. The molecule has 0 saturated carbocycles. The lowest BCUT2D eigenvalue weighted by Gasteiger charge is -2.33. The molecular formula is C24H26FN5O3. The molecule has 1 atom stereocenters. The lowest BCUT2D eigenvalue weighted by Crippen LogP contribution is -2.42. The Morgan fingerprint density at radius 3 is 2.85 bits per heavy atom. The highest BCUT2D eigenvalue weighted by Gasteiger charge is 2.28. The normalized spacial score (nSPS) is 19.1. The molecule has 8 nitrogen and oxygen atoms in total. The van der Waals surface area contributed by atoms with Crippen LogP contribution in [0.1, 0.15) is 25.7 Å². The SMILES string of the molecule is O=C(NC[C@@H]1CCCO1)C1CCN(c2ncccc2-c2nc(-c3cccc(F)c3)no2)CC1. The Morgan fingerprint density at radius 1 is 1.18 bits per heavy atom. The third kappa shape index (κ3) is 4.88. The third-order valence-electron chi connectivity index (χ3n) is 6.22. The molecule has 1 amide bonds. The van der Waals surface area contributed by atoms with E-state index in [2.05, 4.69) is 25.3 Å². The van der Waals surface area contributed by atoms with Crippen LogP contribution in [0.4, 0.5) is 10.2 Å². The first-order valence-electron chi connectivity index (χ1n) is 11.4. The third-order valence-corrected chi connectivity index (χ3v) is 6.22. The van der Waals surface area contributed by atoms with Gasteiger partial charge in [-0.1, -0.05) is 17.3 Å². The molecule has 0 radical (unpaired) electrons. The van der Waals surface area contributed by atoms with Gasteiger partial charge < -0.3 is 19.5 Å². The Balaban J connectivity index is 1.25. The zero-order chi connectivity index (χ0) is 22.6. The first-order chi connectivity index (χ1) is 16.2. The van der Waals surface area contributed by atoms with Crippen molar-refractivity contribution in [3.05, 3.63) is 48.4 Å². The van der Waals surface area contributed by atoms with E-state index in [0.717, 1.165) is 38.1 Å². The first kappa shape index (κ1) is 21.5. The van der Waals surface area contributed by atoms with E-state index in [-0.39, 0.29) is 23.7 Å². The zero-order valence-corrected chi connectivity index (χ0v) is 18.2. The maximum atomic E-state index is 13.6. The minimum Gasteiger partial charge on any atom is -0.376 e. The second-order valence-electron chi connectivity index (χ2n) is 8.45. The maximum Gasteiger partial charge on any atom is 0.261 e. The van der Waals surface area contributed by atoms with Crippen LogP contribution in [0.15, 0.2) is 47.1 Å². The quantitative estimate of drug-likeness (QED) is 0.614. The smallest absolute Gasteiger partial charge is 0.261 e. The number of carbonyl (C=O) groups excluding carboxylic acids is 1. The molecule has 5 rings (SSSR count). The van der Waals surface area contributed by atoms with Crippen molar-refractivity contribution in [2.24, 2.45) is 5.92 Å². The molecule has 2 aliphatic heterocycles. The summed E-state index contributed by atoms with van der Waals surface area (Å²) in [5.41, 5.74) is 1.26. The summed E-state index contributed by atoms with van der Waals surface area (Å²) in [6.07, 6.45) is 5.43. The Hall–Kier alpha value is -3.33. The number of hydrogen-bond donors (Lipinski definition) is 1. The van der Waals surface area contributed by atoms with E-state index in [1.165, 1.54) is 12.1 Å². The van der Waals surface area contributed by atoms with Crippen LogP contribution in [0.3, 0.4) is 0 Å². The summed E-state index contributed by atoms with van der Waals surface area (Å²) >= 11 is 0. The number of rotatable bonds is 6. The van der Waals surface area contributed by atoms with Crippen LogP contribution in [0.25, 0.3) is 22.8 Å². The summed E-state index contributed by atoms with van der Waals surface area (Å²) in [5.74, 6) is 1.12. The summed E-state index contributed by atoms with van der Waals surface area (Å²) in [4.78, 5) is 23.8. The monoisotopic (exact) mass is 451 g/mol. The molecule has 4 heterocycles. The number of ether oxygens (including phenoxy) is 1. The van der Waals surface area contributed by atoms with Gasteiger partial charge in [0.15, 0.2) is 0 Å². The molecule has 172 valence electrons. The molecule has 9 heteroatoms. The maximum absolute atomic E-state index is 13.6. The molecule has 3 aromatic rings. The predicted octanol–water partition coefficient (Wildman–Crippen LogP) is 3.45. The van der Waals surface area contributed by atoms with Gasteiger partial charge in [0.1, 0.15) is 11.6 Å². The molecule has 2 saturated heterocycles. The minimum atomic E-state index is -0.358. The number of halogens is 1. The first-order valence-corrected chi connectivity index (χ1v) is 11.4. The number of nitrogens with one attached hydrogen (secondary N) is 1. The van der Waals surface area contributed by atoms with Crippen LogP contribution >= 0.6 is 0 Å². The number of pyridine rings is 1. The van der Waals surface area contributed by atoms with Crippen molar-refractivity contribution in [2.45, 2.75) is 31.8 Å². The number of nitrogens with zero attached hydrogens (tertiary/aromatic N) is 4. The lowest BCUT2D eigenvalue weighted by atomic mass is 9.95. The van der Waals surface area contributed by atoms with Crippen LogP contribution in [0.5, 0.6) is 0 Å². The van der Waals surface area contributed by atoms with E-state index in [1.807, 2.05) is 12.1 Å². The van der Waals surface area contributed by atoms with Crippen molar-refractivity contribution in [1.82, 2.24) is 20.4 Å². The van der Waals surface area contributed by atoms with Gasteiger partial charge in [-0.05, 0) is 49.9 Å². The number of aromatic nitrogens is 3. The van der Waals surface area contributed by atoms with Gasteiger partial charge >= 0.3 is 0 Å². The molecule has 1 N–H and O–H groups in total. The van der Waals surface area contributed by atoms with Crippen LogP contribution in [-0.2, 0) is 9.53 Å². The number of benzene rings is 1. The largest absolute Gasteiger partial charge is 0.376 e. The van der Waals surface area contributed by atoms with E-state index >= 15 is 0 Å². The second kappa shape index (κ2) is 9.66. The number of amides is 1. The number of carbonyl (C=O) groups is 1. The summed E-state index contributed by atoms with van der Waals surface area (Å²) in [6.45, 7) is 2.78. The Bertz CT molecular complexity index is 1110. The van der Waals surface area contributed by atoms with E-state index in [9.17, 15) is 9.18 Å². The van der Waals surface area contributed by atoms with Gasteiger partial charge in [-0.2, -0.15) is 4.98 Å². The molecule has 0 unspecified atom stereocenters. The standard InChI is InChI=1S/C24H26FN5O3/c25-18-5-1-4-17(14-18)21-28-24(33-29-21)20-7-2-10-26-22(20)30-11-8-16(9-12-30)23(31)27-15-19-6-3-13-32-19/h1-2,4-5,7,10,14,16,19H,3,6,8-9,11-13,15H2,(H,27,31)/t19-/m0/s1. The van der Waals surface area contributed by atoms with Gasteiger partial charge in [0.2, 0.25) is 11.7 Å². The average molecular weight is 452 g/mol. The number of anilines is 1. The van der Waals surface area contributed by atoms with Gasteiger partial charge in [0, 0.05) is 43.9 Å². The molecule has 33 heavy (non-hydrogen) atoms.